The highest BCUT2D eigenvalue weighted by atomic mass is 16.2. The molecule has 0 aromatic heterocycles. The summed E-state index contributed by atoms with van der Waals surface area (Å²) in [5, 5.41) is 0. The van der Waals surface area contributed by atoms with E-state index in [1.807, 2.05) is 26.2 Å². The van der Waals surface area contributed by atoms with E-state index in [1.165, 1.54) is 6.08 Å². The molecule has 0 aromatic carbocycles. The maximum absolute atomic E-state index is 10.9. The number of hydrogen-bond donors (Lipinski definition) is 2. The van der Waals surface area contributed by atoms with E-state index in [4.69, 9.17) is 5.84 Å². The second kappa shape index (κ2) is 10.7. The summed E-state index contributed by atoms with van der Waals surface area (Å²) in [6.07, 6.45) is 6.53. The highest BCUT2D eigenvalue weighted by molar-refractivity contribution is 5.95. The van der Waals surface area contributed by atoms with Gasteiger partial charge in [0, 0.05) is 5.57 Å². The topological polar surface area (TPSA) is 55.1 Å². The van der Waals surface area contributed by atoms with Gasteiger partial charge < -0.3 is 0 Å². The molecule has 0 atom stereocenters. The lowest BCUT2D eigenvalue weighted by molar-refractivity contribution is -0.117. The Balaban J connectivity index is 0. The number of nitrogens with one attached hydrogen (secondary N) is 1. The molecule has 0 aliphatic rings. The fraction of sp³-hybridized carbons (Fsp3) is 0.300. The molecule has 0 aliphatic carbocycles. The van der Waals surface area contributed by atoms with E-state index in [2.05, 4.69) is 6.58 Å². The molecule has 13 heavy (non-hydrogen) atoms. The number of allylic oxidation sites excluding steroid dienone is 3. The van der Waals surface area contributed by atoms with Gasteiger partial charge in [0.2, 0.25) is 0 Å². The van der Waals surface area contributed by atoms with Crippen molar-refractivity contribution in [3.63, 3.8) is 0 Å². The third-order valence-corrected chi connectivity index (χ3v) is 1.04. The molecule has 0 fully saturated rings. The van der Waals surface area contributed by atoms with Gasteiger partial charge in [-0.2, -0.15) is 0 Å². The molecule has 0 saturated heterocycles. The molecule has 0 radical (unpaired) electrons. The van der Waals surface area contributed by atoms with E-state index in [0.717, 1.165) is 0 Å². The smallest absolute Gasteiger partial charge is 0.265 e. The van der Waals surface area contributed by atoms with Crippen molar-refractivity contribution in [3.05, 3.63) is 36.5 Å². The average Bonchev–Trinajstić information content (AvgIpc) is 2.19. The number of carbonyl (C=O) groups excluding carboxylic acids is 1. The Morgan fingerprint density at radius 1 is 1.46 bits per heavy atom. The van der Waals surface area contributed by atoms with Crippen molar-refractivity contribution in [3.8, 4) is 0 Å². The minimum atomic E-state index is -0.317. The summed E-state index contributed by atoms with van der Waals surface area (Å²) in [5.41, 5.74) is 2.52. The second-order valence-electron chi connectivity index (χ2n) is 1.83. The van der Waals surface area contributed by atoms with Crippen LogP contribution in [0.5, 0.6) is 0 Å². The number of amides is 1. The third kappa shape index (κ3) is 7.03. The molecule has 74 valence electrons. The Labute approximate surface area is 80.0 Å². The molecule has 0 rings (SSSR count). The first kappa shape index (κ1) is 14.2. The zero-order valence-corrected chi connectivity index (χ0v) is 8.50. The molecule has 3 nitrogen and oxygen atoms in total. The van der Waals surface area contributed by atoms with Crippen molar-refractivity contribution in [2.75, 3.05) is 0 Å². The maximum Gasteiger partial charge on any atom is 0.265 e. The fourth-order valence-electron chi connectivity index (χ4n) is 0.597. The Morgan fingerprint density at radius 3 is 2.31 bits per heavy atom. The van der Waals surface area contributed by atoms with Gasteiger partial charge in [0.1, 0.15) is 0 Å². The van der Waals surface area contributed by atoms with Gasteiger partial charge in [-0.05, 0) is 6.92 Å². The van der Waals surface area contributed by atoms with Crippen LogP contribution in [0.2, 0.25) is 0 Å². The largest absolute Gasteiger partial charge is 0.290 e. The molecule has 0 aliphatic heterocycles. The summed E-state index contributed by atoms with van der Waals surface area (Å²) < 4.78 is 0. The van der Waals surface area contributed by atoms with Crippen LogP contribution in [-0.2, 0) is 4.79 Å². The zero-order chi connectivity index (χ0) is 10.7. The minimum Gasteiger partial charge on any atom is -0.290 e. The molecule has 0 aromatic rings. The molecular formula is C10H18N2O. The zero-order valence-electron chi connectivity index (χ0n) is 8.50. The summed E-state index contributed by atoms with van der Waals surface area (Å²) in [7, 11) is 0. The monoisotopic (exact) mass is 182 g/mol. The molecule has 3 N–H and O–H groups in total. The summed E-state index contributed by atoms with van der Waals surface area (Å²) >= 11 is 0. The van der Waals surface area contributed by atoms with Gasteiger partial charge in [-0.25, -0.2) is 5.84 Å². The van der Waals surface area contributed by atoms with Gasteiger partial charge in [0.15, 0.2) is 0 Å². The molecule has 3 heteroatoms. The van der Waals surface area contributed by atoms with E-state index in [-0.39, 0.29) is 5.91 Å². The maximum atomic E-state index is 10.9. The SMILES string of the molecule is C=C/C=C(\C=C/C)C(=O)NN.CC. The van der Waals surface area contributed by atoms with Gasteiger partial charge >= 0.3 is 0 Å². The van der Waals surface area contributed by atoms with Crippen molar-refractivity contribution >= 4 is 5.91 Å². The quantitative estimate of drug-likeness (QED) is 0.229. The summed E-state index contributed by atoms with van der Waals surface area (Å²) in [6, 6.07) is 0. The molecule has 0 bridgehead atoms. The molecule has 0 unspecified atom stereocenters. The lowest BCUT2D eigenvalue weighted by Gasteiger charge is -1.97. The fourth-order valence-corrected chi connectivity index (χ4v) is 0.597. The Kier molecular flexibility index (Phi) is 11.6. The van der Waals surface area contributed by atoms with Crippen LogP contribution in [0.1, 0.15) is 20.8 Å². The summed E-state index contributed by atoms with van der Waals surface area (Å²) in [5.74, 6) is 4.61. The van der Waals surface area contributed by atoms with E-state index >= 15 is 0 Å². The van der Waals surface area contributed by atoms with Crippen molar-refractivity contribution in [1.29, 1.82) is 0 Å². The third-order valence-electron chi connectivity index (χ3n) is 1.04. The highest BCUT2D eigenvalue weighted by Crippen LogP contribution is 1.96. The van der Waals surface area contributed by atoms with Crippen LogP contribution < -0.4 is 11.3 Å². The van der Waals surface area contributed by atoms with Crippen molar-refractivity contribution in [2.45, 2.75) is 20.8 Å². The summed E-state index contributed by atoms with van der Waals surface area (Å²) in [6.45, 7) is 9.29. The van der Waals surface area contributed by atoms with Gasteiger partial charge in [-0.3, -0.25) is 10.2 Å². The van der Waals surface area contributed by atoms with Gasteiger partial charge in [0.25, 0.3) is 5.91 Å². The first-order valence-electron chi connectivity index (χ1n) is 4.22. The first-order valence-corrected chi connectivity index (χ1v) is 4.22. The highest BCUT2D eigenvalue weighted by Gasteiger charge is 2.00. The average molecular weight is 182 g/mol. The van der Waals surface area contributed by atoms with Crippen molar-refractivity contribution < 1.29 is 4.79 Å². The number of carbonyl (C=O) groups is 1. The van der Waals surface area contributed by atoms with E-state index < -0.39 is 0 Å². The second-order valence-corrected chi connectivity index (χ2v) is 1.83. The molecule has 0 saturated carbocycles. The van der Waals surface area contributed by atoms with E-state index in [9.17, 15) is 4.79 Å². The predicted octanol–water partition coefficient (Wildman–Crippen LogP) is 1.69. The number of hydrazine groups is 1. The Morgan fingerprint density at radius 2 is 2.00 bits per heavy atom. The van der Waals surface area contributed by atoms with Crippen LogP contribution in [0.15, 0.2) is 36.5 Å². The number of rotatable bonds is 3. The Bertz CT molecular complexity index is 205. The molecule has 0 heterocycles. The summed E-state index contributed by atoms with van der Waals surface area (Å²) in [4.78, 5) is 10.9. The Hall–Kier alpha value is -1.35. The van der Waals surface area contributed by atoms with Crippen molar-refractivity contribution in [1.82, 2.24) is 5.43 Å². The van der Waals surface area contributed by atoms with Crippen LogP contribution in [0.3, 0.4) is 0 Å². The standard InChI is InChI=1S/C8H12N2O.C2H6/c1-3-5-7(6-4-2)8(11)10-9;1-2/h3-6H,1,9H2,2H3,(H,10,11);1-2H3/b6-4-,7-5+;. The van der Waals surface area contributed by atoms with E-state index in [1.54, 1.807) is 18.2 Å². The van der Waals surface area contributed by atoms with Crippen LogP contribution in [0.25, 0.3) is 0 Å². The van der Waals surface area contributed by atoms with Crippen molar-refractivity contribution in [2.24, 2.45) is 5.84 Å². The van der Waals surface area contributed by atoms with Gasteiger partial charge in [-0.1, -0.05) is 44.7 Å². The molecule has 1 amide bonds. The van der Waals surface area contributed by atoms with Crippen LogP contribution in [0.4, 0.5) is 0 Å². The lowest BCUT2D eigenvalue weighted by Crippen LogP contribution is -2.30. The lowest BCUT2D eigenvalue weighted by atomic mass is 10.2. The number of nitrogens with two attached hydrogens (primary N) is 1. The van der Waals surface area contributed by atoms with Gasteiger partial charge in [0.05, 0.1) is 0 Å². The van der Waals surface area contributed by atoms with Crippen LogP contribution in [0, 0.1) is 0 Å². The number of hydrogen-bond acceptors (Lipinski definition) is 2. The molecule has 0 spiro atoms. The molecular weight excluding hydrogens is 164 g/mol. The van der Waals surface area contributed by atoms with Gasteiger partial charge in [-0.15, -0.1) is 0 Å². The van der Waals surface area contributed by atoms with E-state index in [0.29, 0.717) is 5.57 Å². The first-order chi connectivity index (χ1) is 6.26. The van der Waals surface area contributed by atoms with Crippen LogP contribution >= 0.6 is 0 Å². The van der Waals surface area contributed by atoms with Crippen LogP contribution in [-0.4, -0.2) is 5.91 Å². The minimum absolute atomic E-state index is 0.317. The predicted molar refractivity (Wildman–Crippen MR) is 56.8 cm³/mol. The normalized spacial score (nSPS) is 10.3.